The Labute approximate surface area is 118 Å². The van der Waals surface area contributed by atoms with Crippen LogP contribution < -0.4 is 16.0 Å². The lowest BCUT2D eigenvalue weighted by atomic mass is 10.0. The van der Waals surface area contributed by atoms with Crippen molar-refractivity contribution in [2.24, 2.45) is 5.84 Å². The molecule has 0 aliphatic carbocycles. The second-order valence-corrected chi connectivity index (χ2v) is 4.77. The highest BCUT2D eigenvalue weighted by Crippen LogP contribution is 2.23. The molecular weight excluding hydrogens is 260 g/mol. The van der Waals surface area contributed by atoms with Gasteiger partial charge in [0.15, 0.2) is 0 Å². The van der Waals surface area contributed by atoms with E-state index in [-0.39, 0.29) is 12.1 Å². The van der Waals surface area contributed by atoms with Gasteiger partial charge >= 0.3 is 0 Å². The molecule has 3 nitrogen and oxygen atoms in total. The Bertz CT molecular complexity index is 519. The van der Waals surface area contributed by atoms with Gasteiger partial charge in [0.2, 0.25) is 0 Å². The third-order valence-corrected chi connectivity index (χ3v) is 3.16. The minimum absolute atomic E-state index is 0.0832. The molecule has 19 heavy (non-hydrogen) atoms. The first-order chi connectivity index (χ1) is 9.20. The van der Waals surface area contributed by atoms with Gasteiger partial charge in [-0.25, -0.2) is 5.43 Å². The molecule has 0 bridgehead atoms. The fraction of sp³-hybridized carbons (Fsp3) is 0.200. The Kier molecular flexibility index (Phi) is 4.80. The molecule has 4 heteroatoms. The van der Waals surface area contributed by atoms with Crippen molar-refractivity contribution in [3.63, 3.8) is 0 Å². The van der Waals surface area contributed by atoms with Crippen LogP contribution in [-0.4, -0.2) is 6.10 Å². The quantitative estimate of drug-likeness (QED) is 0.651. The maximum atomic E-state index is 5.94. The summed E-state index contributed by atoms with van der Waals surface area (Å²) in [7, 11) is 0. The van der Waals surface area contributed by atoms with Crippen molar-refractivity contribution >= 4 is 11.6 Å². The average Bonchev–Trinajstić information content (AvgIpc) is 2.41. The first-order valence-corrected chi connectivity index (χ1v) is 6.52. The van der Waals surface area contributed by atoms with Gasteiger partial charge in [0.05, 0.1) is 6.04 Å². The molecule has 100 valence electrons. The smallest absolute Gasteiger partial charge is 0.121 e. The van der Waals surface area contributed by atoms with Crippen molar-refractivity contribution in [1.29, 1.82) is 0 Å². The number of hydrogen-bond acceptors (Lipinski definition) is 3. The monoisotopic (exact) mass is 276 g/mol. The van der Waals surface area contributed by atoms with Crippen molar-refractivity contribution in [3.05, 3.63) is 65.2 Å². The van der Waals surface area contributed by atoms with Gasteiger partial charge in [0.25, 0.3) is 0 Å². The predicted octanol–water partition coefficient (Wildman–Crippen LogP) is 3.31. The summed E-state index contributed by atoms with van der Waals surface area (Å²) in [6.45, 7) is 1.97. The number of halogens is 1. The zero-order valence-corrected chi connectivity index (χ0v) is 11.5. The first kappa shape index (κ1) is 13.9. The van der Waals surface area contributed by atoms with Gasteiger partial charge in [0, 0.05) is 5.02 Å². The second kappa shape index (κ2) is 6.57. The van der Waals surface area contributed by atoms with E-state index in [0.29, 0.717) is 5.02 Å². The third-order valence-electron chi connectivity index (χ3n) is 2.93. The zero-order chi connectivity index (χ0) is 13.7. The van der Waals surface area contributed by atoms with Crippen LogP contribution in [0.3, 0.4) is 0 Å². The first-order valence-electron chi connectivity index (χ1n) is 6.14. The molecule has 3 N–H and O–H groups in total. The molecule has 2 atom stereocenters. The van der Waals surface area contributed by atoms with E-state index in [1.807, 2.05) is 55.5 Å². The molecule has 0 saturated heterocycles. The fourth-order valence-electron chi connectivity index (χ4n) is 1.99. The topological polar surface area (TPSA) is 47.3 Å². The lowest BCUT2D eigenvalue weighted by Crippen LogP contribution is -2.37. The molecule has 0 radical (unpaired) electrons. The Hall–Kier alpha value is -1.55. The van der Waals surface area contributed by atoms with Gasteiger partial charge in [-0.15, -0.1) is 0 Å². The average molecular weight is 277 g/mol. The number of rotatable bonds is 5. The van der Waals surface area contributed by atoms with Gasteiger partial charge in [0.1, 0.15) is 11.9 Å². The maximum Gasteiger partial charge on any atom is 0.121 e. The van der Waals surface area contributed by atoms with Crippen molar-refractivity contribution in [2.75, 3.05) is 0 Å². The molecule has 2 aromatic carbocycles. The van der Waals surface area contributed by atoms with Crippen LogP contribution in [0.2, 0.25) is 5.02 Å². The normalized spacial score (nSPS) is 13.8. The van der Waals surface area contributed by atoms with Crippen molar-refractivity contribution in [3.8, 4) is 5.75 Å². The standard InChI is InChI=1S/C15H17ClN2O/c1-11(19-14-9-5-8-13(16)10-14)15(18-17)12-6-3-2-4-7-12/h2-11,15,18H,17H2,1H3. The third kappa shape index (κ3) is 3.70. The molecule has 0 amide bonds. The van der Waals surface area contributed by atoms with Crippen molar-refractivity contribution in [1.82, 2.24) is 5.43 Å². The highest BCUT2D eigenvalue weighted by atomic mass is 35.5. The van der Waals surface area contributed by atoms with Crippen LogP contribution in [0.25, 0.3) is 0 Å². The van der Waals surface area contributed by atoms with Crippen molar-refractivity contribution < 1.29 is 4.74 Å². The summed E-state index contributed by atoms with van der Waals surface area (Å²) in [5.74, 6) is 6.37. The number of benzene rings is 2. The fourth-order valence-corrected chi connectivity index (χ4v) is 2.17. The van der Waals surface area contributed by atoms with Crippen LogP contribution in [-0.2, 0) is 0 Å². The number of hydrazine groups is 1. The Morgan fingerprint density at radius 1 is 1.11 bits per heavy atom. The number of nitrogens with two attached hydrogens (primary N) is 1. The van der Waals surface area contributed by atoms with Gasteiger partial charge in [-0.2, -0.15) is 0 Å². The molecule has 0 heterocycles. The molecular formula is C15H17ClN2O. The summed E-state index contributed by atoms with van der Waals surface area (Å²) in [6.07, 6.45) is -0.120. The molecule has 2 aromatic rings. The lowest BCUT2D eigenvalue weighted by molar-refractivity contribution is 0.171. The molecule has 0 fully saturated rings. The minimum Gasteiger partial charge on any atom is -0.489 e. The van der Waals surface area contributed by atoms with E-state index in [9.17, 15) is 0 Å². The van der Waals surface area contributed by atoms with Gasteiger partial charge < -0.3 is 4.74 Å². The van der Waals surface area contributed by atoms with E-state index < -0.39 is 0 Å². The predicted molar refractivity (Wildman–Crippen MR) is 78.0 cm³/mol. The van der Waals surface area contributed by atoms with E-state index in [0.717, 1.165) is 11.3 Å². The van der Waals surface area contributed by atoms with E-state index in [2.05, 4.69) is 5.43 Å². The van der Waals surface area contributed by atoms with Gasteiger partial charge in [-0.3, -0.25) is 5.84 Å². The van der Waals surface area contributed by atoms with Crippen molar-refractivity contribution in [2.45, 2.75) is 19.1 Å². The summed E-state index contributed by atoms with van der Waals surface area (Å²) in [5.41, 5.74) is 3.88. The van der Waals surface area contributed by atoms with Crippen LogP contribution in [0.4, 0.5) is 0 Å². The Morgan fingerprint density at radius 3 is 2.47 bits per heavy atom. The highest BCUT2D eigenvalue weighted by Gasteiger charge is 2.19. The van der Waals surface area contributed by atoms with Gasteiger partial charge in [-0.05, 0) is 30.7 Å². The molecule has 0 saturated carbocycles. The molecule has 0 aromatic heterocycles. The maximum absolute atomic E-state index is 5.94. The van der Waals surface area contributed by atoms with E-state index in [1.165, 1.54) is 0 Å². The van der Waals surface area contributed by atoms with Crippen LogP contribution in [0.15, 0.2) is 54.6 Å². The summed E-state index contributed by atoms with van der Waals surface area (Å²) in [5, 5.41) is 0.654. The van der Waals surface area contributed by atoms with E-state index >= 15 is 0 Å². The van der Waals surface area contributed by atoms with Crippen LogP contribution in [0.1, 0.15) is 18.5 Å². The summed E-state index contributed by atoms with van der Waals surface area (Å²) < 4.78 is 5.88. The van der Waals surface area contributed by atoms with E-state index in [1.54, 1.807) is 6.07 Å². The summed E-state index contributed by atoms with van der Waals surface area (Å²) in [4.78, 5) is 0. The number of hydrogen-bond donors (Lipinski definition) is 2. The van der Waals surface area contributed by atoms with E-state index in [4.69, 9.17) is 22.2 Å². The molecule has 0 spiro atoms. The minimum atomic E-state index is -0.120. The van der Waals surface area contributed by atoms with Crippen LogP contribution in [0.5, 0.6) is 5.75 Å². The molecule has 0 aliphatic rings. The SMILES string of the molecule is CC(Oc1cccc(Cl)c1)C(NN)c1ccccc1. The number of nitrogens with one attached hydrogen (secondary N) is 1. The largest absolute Gasteiger partial charge is 0.489 e. The zero-order valence-electron chi connectivity index (χ0n) is 10.7. The Balaban J connectivity index is 2.11. The van der Waals surface area contributed by atoms with Crippen LogP contribution in [0, 0.1) is 0 Å². The molecule has 2 rings (SSSR count). The van der Waals surface area contributed by atoms with Crippen LogP contribution >= 0.6 is 11.6 Å². The van der Waals surface area contributed by atoms with Gasteiger partial charge in [-0.1, -0.05) is 48.0 Å². The Morgan fingerprint density at radius 2 is 1.84 bits per heavy atom. The molecule has 2 unspecified atom stereocenters. The second-order valence-electron chi connectivity index (χ2n) is 4.34. The summed E-state index contributed by atoms with van der Waals surface area (Å²) >= 11 is 5.94. The number of ether oxygens (including phenoxy) is 1. The highest BCUT2D eigenvalue weighted by molar-refractivity contribution is 6.30. The summed E-state index contributed by atoms with van der Waals surface area (Å²) in [6, 6.07) is 17.2. The molecule has 0 aliphatic heterocycles. The lowest BCUT2D eigenvalue weighted by Gasteiger charge is -2.24.